The van der Waals surface area contributed by atoms with Gasteiger partial charge in [-0.3, -0.25) is 0 Å². The molecule has 0 spiro atoms. The van der Waals surface area contributed by atoms with Crippen molar-refractivity contribution in [3.05, 3.63) is 95.1 Å². The number of carboxylic acid groups (broad SMARTS) is 1. The summed E-state index contributed by atoms with van der Waals surface area (Å²) in [5.41, 5.74) is 5.83. The lowest BCUT2D eigenvalue weighted by atomic mass is 9.97. The quantitative estimate of drug-likeness (QED) is 0.543. The van der Waals surface area contributed by atoms with Crippen LogP contribution in [-0.4, -0.2) is 16.1 Å². The van der Waals surface area contributed by atoms with Gasteiger partial charge in [0.05, 0.1) is 22.9 Å². The van der Waals surface area contributed by atoms with Crippen molar-refractivity contribution in [1.29, 1.82) is 5.26 Å². The molecule has 1 heterocycles. The van der Waals surface area contributed by atoms with Crippen LogP contribution < -0.4 is 0 Å². The van der Waals surface area contributed by atoms with Gasteiger partial charge in [-0.2, -0.15) is 5.26 Å². The number of carboxylic acids is 1. The maximum atomic E-state index is 11.3. The molecule has 2 N–H and O–H groups in total. The molecule has 0 bridgehead atoms. The average molecular weight is 352 g/mol. The van der Waals surface area contributed by atoms with Gasteiger partial charge in [-0.25, -0.2) is 4.79 Å². The molecule has 130 valence electrons. The second-order valence-corrected chi connectivity index (χ2v) is 6.40. The Kier molecular flexibility index (Phi) is 4.19. The first kappa shape index (κ1) is 16.6. The van der Waals surface area contributed by atoms with Crippen LogP contribution in [0.25, 0.3) is 22.2 Å². The van der Waals surface area contributed by atoms with E-state index in [-0.39, 0.29) is 5.56 Å². The highest BCUT2D eigenvalue weighted by atomic mass is 16.4. The van der Waals surface area contributed by atoms with Gasteiger partial charge in [0.25, 0.3) is 0 Å². The zero-order valence-corrected chi connectivity index (χ0v) is 14.4. The predicted octanol–water partition coefficient (Wildman–Crippen LogP) is 5.00. The van der Waals surface area contributed by atoms with Crippen LogP contribution in [0.15, 0.2) is 72.8 Å². The summed E-state index contributed by atoms with van der Waals surface area (Å²) < 4.78 is 0. The van der Waals surface area contributed by atoms with Gasteiger partial charge in [0.1, 0.15) is 0 Å². The Labute approximate surface area is 156 Å². The molecule has 0 unspecified atom stereocenters. The average Bonchev–Trinajstić information content (AvgIpc) is 3.06. The van der Waals surface area contributed by atoms with E-state index in [1.165, 1.54) is 0 Å². The normalized spacial score (nSPS) is 10.6. The summed E-state index contributed by atoms with van der Waals surface area (Å²) in [7, 11) is 0. The second kappa shape index (κ2) is 6.81. The third kappa shape index (κ3) is 3.19. The minimum Gasteiger partial charge on any atom is -0.478 e. The molecule has 27 heavy (non-hydrogen) atoms. The molecule has 4 heteroatoms. The molecule has 0 aliphatic rings. The monoisotopic (exact) mass is 352 g/mol. The number of nitrogens with zero attached hydrogens (tertiary/aromatic N) is 1. The number of fused-ring (bicyclic) bond motifs is 1. The number of rotatable bonds is 4. The molecule has 0 saturated carbocycles. The lowest BCUT2D eigenvalue weighted by molar-refractivity contribution is 0.0696. The van der Waals surface area contributed by atoms with Crippen LogP contribution in [0.3, 0.4) is 0 Å². The molecule has 4 aromatic rings. The van der Waals surface area contributed by atoms with E-state index in [1.807, 2.05) is 54.6 Å². The summed E-state index contributed by atoms with van der Waals surface area (Å²) in [5, 5.41) is 19.5. The van der Waals surface area contributed by atoms with Crippen LogP contribution in [0.1, 0.15) is 27.0 Å². The summed E-state index contributed by atoms with van der Waals surface area (Å²) in [6.45, 7) is 0. The molecular formula is C23H16N2O2. The fourth-order valence-corrected chi connectivity index (χ4v) is 3.38. The molecule has 3 aromatic carbocycles. The predicted molar refractivity (Wildman–Crippen MR) is 105 cm³/mol. The first-order valence-corrected chi connectivity index (χ1v) is 8.58. The van der Waals surface area contributed by atoms with Crippen LogP contribution in [0.5, 0.6) is 0 Å². The third-order valence-corrected chi connectivity index (χ3v) is 4.65. The number of aromatic carboxylic acids is 1. The van der Waals surface area contributed by atoms with Crippen molar-refractivity contribution in [2.75, 3.05) is 0 Å². The van der Waals surface area contributed by atoms with Crippen molar-refractivity contribution in [2.24, 2.45) is 0 Å². The van der Waals surface area contributed by atoms with Crippen LogP contribution in [0, 0.1) is 11.3 Å². The first-order chi connectivity index (χ1) is 13.2. The number of H-pyrrole nitrogens is 1. The van der Waals surface area contributed by atoms with Gasteiger partial charge in [-0.15, -0.1) is 0 Å². The Morgan fingerprint density at radius 2 is 1.81 bits per heavy atom. The molecule has 4 nitrogen and oxygen atoms in total. The highest BCUT2D eigenvalue weighted by Gasteiger charge is 2.15. The Morgan fingerprint density at radius 3 is 2.56 bits per heavy atom. The minimum absolute atomic E-state index is 0.278. The van der Waals surface area contributed by atoms with Gasteiger partial charge in [-0.1, -0.05) is 48.5 Å². The van der Waals surface area contributed by atoms with Crippen molar-refractivity contribution >= 4 is 16.9 Å². The van der Waals surface area contributed by atoms with Gasteiger partial charge in [0.15, 0.2) is 0 Å². The highest BCUT2D eigenvalue weighted by molar-refractivity contribution is 5.92. The van der Waals surface area contributed by atoms with E-state index in [1.54, 1.807) is 18.2 Å². The molecule has 0 aliphatic heterocycles. The molecule has 0 aliphatic carbocycles. The van der Waals surface area contributed by atoms with E-state index >= 15 is 0 Å². The van der Waals surface area contributed by atoms with Gasteiger partial charge < -0.3 is 10.1 Å². The number of aromatic nitrogens is 1. The van der Waals surface area contributed by atoms with Crippen molar-refractivity contribution in [2.45, 2.75) is 6.42 Å². The summed E-state index contributed by atoms with van der Waals surface area (Å²) in [6.07, 6.45) is 0.594. The maximum absolute atomic E-state index is 11.3. The molecule has 0 atom stereocenters. The zero-order valence-electron chi connectivity index (χ0n) is 14.4. The molecule has 0 fully saturated rings. The minimum atomic E-state index is -0.933. The highest BCUT2D eigenvalue weighted by Crippen LogP contribution is 2.32. The number of carbonyl (C=O) groups is 1. The number of aromatic amines is 1. The van der Waals surface area contributed by atoms with Gasteiger partial charge in [-0.05, 0) is 41.0 Å². The van der Waals surface area contributed by atoms with Crippen molar-refractivity contribution in [1.82, 2.24) is 4.98 Å². The second-order valence-electron chi connectivity index (χ2n) is 6.40. The lowest BCUT2D eigenvalue weighted by Crippen LogP contribution is -1.98. The summed E-state index contributed by atoms with van der Waals surface area (Å²) in [5.74, 6) is -0.933. The van der Waals surface area contributed by atoms with Crippen LogP contribution in [0.2, 0.25) is 0 Å². The summed E-state index contributed by atoms with van der Waals surface area (Å²) in [4.78, 5) is 14.7. The summed E-state index contributed by atoms with van der Waals surface area (Å²) in [6, 6.07) is 24.8. The van der Waals surface area contributed by atoms with E-state index in [4.69, 9.17) is 0 Å². The Morgan fingerprint density at radius 1 is 1.00 bits per heavy atom. The largest absolute Gasteiger partial charge is 0.478 e. The van der Waals surface area contributed by atoms with Crippen LogP contribution >= 0.6 is 0 Å². The SMILES string of the molecule is N#Cc1ccc2c(Cc3cccc(C(=O)O)c3)c(-c3ccccc3)[nH]c2c1. The smallest absolute Gasteiger partial charge is 0.335 e. The van der Waals surface area contributed by atoms with E-state index in [9.17, 15) is 15.2 Å². The van der Waals surface area contributed by atoms with E-state index < -0.39 is 5.97 Å². The van der Waals surface area contributed by atoms with Crippen molar-refractivity contribution < 1.29 is 9.90 Å². The van der Waals surface area contributed by atoms with Crippen molar-refractivity contribution in [3.8, 4) is 17.3 Å². The standard InChI is InChI=1S/C23H16N2O2/c24-14-16-9-10-19-20(12-15-5-4-8-18(11-15)23(26)27)22(25-21(19)13-16)17-6-2-1-3-7-17/h1-11,13,25H,12H2,(H,26,27). The zero-order chi connectivity index (χ0) is 18.8. The van der Waals surface area contributed by atoms with E-state index in [0.29, 0.717) is 12.0 Å². The molecule has 0 saturated heterocycles. The van der Waals surface area contributed by atoms with E-state index in [0.717, 1.165) is 33.3 Å². The number of hydrogen-bond acceptors (Lipinski definition) is 2. The van der Waals surface area contributed by atoms with E-state index in [2.05, 4.69) is 11.1 Å². The lowest BCUT2D eigenvalue weighted by Gasteiger charge is -2.07. The molecule has 4 rings (SSSR count). The van der Waals surface area contributed by atoms with Crippen LogP contribution in [-0.2, 0) is 6.42 Å². The Bertz CT molecular complexity index is 1180. The van der Waals surface area contributed by atoms with Crippen molar-refractivity contribution in [3.63, 3.8) is 0 Å². The molecular weight excluding hydrogens is 336 g/mol. The number of nitriles is 1. The maximum Gasteiger partial charge on any atom is 0.335 e. The van der Waals surface area contributed by atoms with Gasteiger partial charge in [0, 0.05) is 17.3 Å². The fourth-order valence-electron chi connectivity index (χ4n) is 3.38. The number of nitrogens with one attached hydrogen (secondary N) is 1. The molecule has 0 amide bonds. The number of hydrogen-bond donors (Lipinski definition) is 2. The van der Waals surface area contributed by atoms with Gasteiger partial charge >= 0.3 is 5.97 Å². The Balaban J connectivity index is 1.88. The molecule has 0 radical (unpaired) electrons. The topological polar surface area (TPSA) is 76.9 Å². The molecule has 1 aromatic heterocycles. The first-order valence-electron chi connectivity index (χ1n) is 8.58. The van der Waals surface area contributed by atoms with Crippen LogP contribution in [0.4, 0.5) is 0 Å². The Hall–Kier alpha value is -3.84. The van der Waals surface area contributed by atoms with Gasteiger partial charge in [0.2, 0.25) is 0 Å². The summed E-state index contributed by atoms with van der Waals surface area (Å²) >= 11 is 0. The fraction of sp³-hybridized carbons (Fsp3) is 0.0435. The third-order valence-electron chi connectivity index (χ3n) is 4.65. The number of benzene rings is 3.